The standard InChI is InChI=1S/C13H27NOSSi/c1-8-16-10-12(9-14)11(2)15-17(6,7)13(3,4)5/h11-12H,8,10H2,1-7H3/t11-,12-/m1/s1. The van der Waals surface area contributed by atoms with Gasteiger partial charge in [0.15, 0.2) is 8.32 Å². The molecule has 0 fully saturated rings. The summed E-state index contributed by atoms with van der Waals surface area (Å²) in [7, 11) is -1.75. The van der Waals surface area contributed by atoms with E-state index in [4.69, 9.17) is 4.43 Å². The first kappa shape index (κ1) is 17.0. The van der Waals surface area contributed by atoms with E-state index in [1.807, 2.05) is 18.7 Å². The van der Waals surface area contributed by atoms with Crippen molar-refractivity contribution in [2.24, 2.45) is 5.92 Å². The predicted molar refractivity (Wildman–Crippen MR) is 79.8 cm³/mol. The van der Waals surface area contributed by atoms with Crippen LogP contribution in [-0.4, -0.2) is 25.9 Å². The van der Waals surface area contributed by atoms with Gasteiger partial charge in [0, 0.05) is 5.75 Å². The third-order valence-electron chi connectivity index (χ3n) is 3.52. The molecule has 2 atom stereocenters. The molecule has 0 aliphatic heterocycles. The number of nitrogens with zero attached hydrogens (tertiary/aromatic N) is 1. The van der Waals surface area contributed by atoms with Crippen LogP contribution in [0.3, 0.4) is 0 Å². The van der Waals surface area contributed by atoms with Crippen LogP contribution in [0.4, 0.5) is 0 Å². The van der Waals surface area contributed by atoms with E-state index in [0.29, 0.717) is 0 Å². The zero-order chi connectivity index (χ0) is 13.7. The van der Waals surface area contributed by atoms with E-state index in [0.717, 1.165) is 11.5 Å². The number of hydrogen-bond acceptors (Lipinski definition) is 3. The van der Waals surface area contributed by atoms with Crippen LogP contribution in [0.1, 0.15) is 34.6 Å². The van der Waals surface area contributed by atoms with Crippen molar-refractivity contribution in [2.45, 2.75) is 58.9 Å². The van der Waals surface area contributed by atoms with E-state index in [2.05, 4.69) is 46.9 Å². The molecular formula is C13H27NOSSi. The Bertz CT molecular complexity index is 268. The molecule has 0 aromatic heterocycles. The lowest BCUT2D eigenvalue weighted by Gasteiger charge is -2.39. The maximum atomic E-state index is 9.19. The second-order valence-electron chi connectivity index (χ2n) is 5.98. The summed E-state index contributed by atoms with van der Waals surface area (Å²) in [4.78, 5) is 0. The van der Waals surface area contributed by atoms with Gasteiger partial charge < -0.3 is 4.43 Å². The van der Waals surface area contributed by atoms with Gasteiger partial charge in [-0.05, 0) is 30.8 Å². The summed E-state index contributed by atoms with van der Waals surface area (Å²) >= 11 is 1.82. The van der Waals surface area contributed by atoms with Crippen LogP contribution in [0.5, 0.6) is 0 Å². The summed E-state index contributed by atoms with van der Waals surface area (Å²) in [6.45, 7) is 15.3. The zero-order valence-electron chi connectivity index (χ0n) is 12.3. The third kappa shape index (κ3) is 5.46. The molecule has 0 rings (SSSR count). The first-order valence-electron chi connectivity index (χ1n) is 6.31. The van der Waals surface area contributed by atoms with Crippen LogP contribution in [0, 0.1) is 17.2 Å². The van der Waals surface area contributed by atoms with Crippen molar-refractivity contribution in [2.75, 3.05) is 11.5 Å². The molecule has 0 aliphatic carbocycles. The molecule has 0 amide bonds. The molecule has 0 unspecified atom stereocenters. The van der Waals surface area contributed by atoms with Gasteiger partial charge in [-0.2, -0.15) is 17.0 Å². The van der Waals surface area contributed by atoms with Crippen molar-refractivity contribution in [3.63, 3.8) is 0 Å². The van der Waals surface area contributed by atoms with Crippen molar-refractivity contribution in [3.8, 4) is 6.07 Å². The Morgan fingerprint density at radius 2 is 1.88 bits per heavy atom. The topological polar surface area (TPSA) is 33.0 Å². The van der Waals surface area contributed by atoms with E-state index in [-0.39, 0.29) is 17.1 Å². The lowest BCUT2D eigenvalue weighted by atomic mass is 10.1. The van der Waals surface area contributed by atoms with Gasteiger partial charge >= 0.3 is 0 Å². The Hall–Kier alpha value is 0.0169. The molecule has 17 heavy (non-hydrogen) atoms. The summed E-state index contributed by atoms with van der Waals surface area (Å²) in [6, 6.07) is 2.39. The highest BCUT2D eigenvalue weighted by atomic mass is 32.2. The van der Waals surface area contributed by atoms with Gasteiger partial charge in [-0.15, -0.1) is 0 Å². The number of thioether (sulfide) groups is 1. The maximum Gasteiger partial charge on any atom is 0.192 e. The fourth-order valence-electron chi connectivity index (χ4n) is 1.25. The largest absolute Gasteiger partial charge is 0.413 e. The molecule has 100 valence electrons. The van der Waals surface area contributed by atoms with Crippen LogP contribution in [0.2, 0.25) is 18.1 Å². The van der Waals surface area contributed by atoms with E-state index < -0.39 is 8.32 Å². The highest BCUT2D eigenvalue weighted by molar-refractivity contribution is 7.99. The lowest BCUT2D eigenvalue weighted by molar-refractivity contribution is 0.168. The Morgan fingerprint density at radius 3 is 2.24 bits per heavy atom. The second-order valence-corrected chi connectivity index (χ2v) is 12.1. The molecule has 4 heteroatoms. The molecule has 2 nitrogen and oxygen atoms in total. The van der Waals surface area contributed by atoms with Gasteiger partial charge in [-0.25, -0.2) is 0 Å². The van der Waals surface area contributed by atoms with Crippen molar-refractivity contribution < 1.29 is 4.43 Å². The van der Waals surface area contributed by atoms with Gasteiger partial charge in [-0.1, -0.05) is 27.7 Å². The Labute approximate surface area is 112 Å². The lowest BCUT2D eigenvalue weighted by Crippen LogP contribution is -2.45. The summed E-state index contributed by atoms with van der Waals surface area (Å²) in [5, 5.41) is 9.40. The average Bonchev–Trinajstić information content (AvgIpc) is 2.16. The van der Waals surface area contributed by atoms with E-state index in [1.54, 1.807) is 0 Å². The summed E-state index contributed by atoms with van der Waals surface area (Å²) in [5.41, 5.74) is 0. The number of nitriles is 1. The predicted octanol–water partition coefficient (Wildman–Crippen LogP) is 4.29. The Balaban J connectivity index is 4.51. The summed E-state index contributed by atoms with van der Waals surface area (Å²) < 4.78 is 6.26. The Morgan fingerprint density at radius 1 is 1.35 bits per heavy atom. The molecule has 0 saturated heterocycles. The summed E-state index contributed by atoms with van der Waals surface area (Å²) in [5.74, 6) is 1.95. The molecule has 0 saturated carbocycles. The summed E-state index contributed by atoms with van der Waals surface area (Å²) in [6.07, 6.45) is 0.0416. The zero-order valence-corrected chi connectivity index (χ0v) is 14.1. The van der Waals surface area contributed by atoms with Crippen LogP contribution >= 0.6 is 11.8 Å². The van der Waals surface area contributed by atoms with Gasteiger partial charge in [0.05, 0.1) is 18.1 Å². The highest BCUT2D eigenvalue weighted by Crippen LogP contribution is 2.38. The Kier molecular flexibility index (Phi) is 6.82. The monoisotopic (exact) mass is 273 g/mol. The molecule has 0 radical (unpaired) electrons. The molecule has 0 N–H and O–H groups in total. The second kappa shape index (κ2) is 6.82. The number of hydrogen-bond donors (Lipinski definition) is 0. The van der Waals surface area contributed by atoms with Gasteiger partial charge in [-0.3, -0.25) is 0 Å². The first-order valence-corrected chi connectivity index (χ1v) is 10.4. The minimum absolute atomic E-state index is 0.00840. The molecule has 0 bridgehead atoms. The first-order chi connectivity index (χ1) is 7.65. The normalized spacial score (nSPS) is 16.4. The molecule has 0 aromatic rings. The minimum Gasteiger partial charge on any atom is -0.413 e. The van der Waals surface area contributed by atoms with Gasteiger partial charge in [0.1, 0.15) is 0 Å². The maximum absolute atomic E-state index is 9.19. The quantitative estimate of drug-likeness (QED) is 0.677. The van der Waals surface area contributed by atoms with E-state index in [1.165, 1.54) is 0 Å². The highest BCUT2D eigenvalue weighted by Gasteiger charge is 2.39. The average molecular weight is 274 g/mol. The van der Waals surface area contributed by atoms with Crippen molar-refractivity contribution >= 4 is 20.1 Å². The van der Waals surface area contributed by atoms with Crippen LogP contribution in [0.25, 0.3) is 0 Å². The molecule has 0 aliphatic rings. The van der Waals surface area contributed by atoms with Crippen LogP contribution in [0.15, 0.2) is 0 Å². The van der Waals surface area contributed by atoms with E-state index in [9.17, 15) is 5.26 Å². The van der Waals surface area contributed by atoms with E-state index >= 15 is 0 Å². The molecule has 0 spiro atoms. The fraction of sp³-hybridized carbons (Fsp3) is 0.923. The smallest absolute Gasteiger partial charge is 0.192 e. The molecule has 0 aromatic carbocycles. The van der Waals surface area contributed by atoms with Gasteiger partial charge in [0.25, 0.3) is 0 Å². The third-order valence-corrected chi connectivity index (χ3v) is 9.10. The van der Waals surface area contributed by atoms with Crippen molar-refractivity contribution in [1.82, 2.24) is 0 Å². The van der Waals surface area contributed by atoms with Crippen molar-refractivity contribution in [1.29, 1.82) is 5.26 Å². The van der Waals surface area contributed by atoms with Crippen LogP contribution in [-0.2, 0) is 4.43 Å². The fourth-order valence-corrected chi connectivity index (χ4v) is 3.53. The SMILES string of the molecule is CCSC[C@@H](C#N)[C@@H](C)O[Si](C)(C)C(C)(C)C. The van der Waals surface area contributed by atoms with Gasteiger partial charge in [0.2, 0.25) is 0 Å². The van der Waals surface area contributed by atoms with Crippen molar-refractivity contribution in [3.05, 3.63) is 0 Å². The molecule has 0 heterocycles. The minimum atomic E-state index is -1.75. The van der Waals surface area contributed by atoms with Crippen LogP contribution < -0.4 is 0 Å². The molecular weight excluding hydrogens is 246 g/mol. The number of rotatable bonds is 6.